The molecule has 0 fully saturated rings. The second-order valence-electron chi connectivity index (χ2n) is 2.94. The quantitative estimate of drug-likeness (QED) is 0.736. The summed E-state index contributed by atoms with van der Waals surface area (Å²) in [5.41, 5.74) is 0.430. The fraction of sp³-hybridized carbons (Fsp3) is 0.273. The molecule has 0 bridgehead atoms. The average molecular weight is 191 g/mol. The standard InChI is InChI=1S/C11H10FNO/c1-2-11(14)10(7-13)8-4-3-5-9(12)6-8/h3-6,10H,2H2,1H3/t10-/m1/s1. The van der Waals surface area contributed by atoms with E-state index in [2.05, 4.69) is 0 Å². The number of hydrogen-bond acceptors (Lipinski definition) is 2. The molecule has 1 aromatic rings. The van der Waals surface area contributed by atoms with Gasteiger partial charge in [0.15, 0.2) is 5.78 Å². The maximum atomic E-state index is 12.8. The van der Waals surface area contributed by atoms with Crippen molar-refractivity contribution in [3.63, 3.8) is 0 Å². The van der Waals surface area contributed by atoms with Gasteiger partial charge in [-0.15, -0.1) is 0 Å². The lowest BCUT2D eigenvalue weighted by Gasteiger charge is -2.06. The van der Waals surface area contributed by atoms with Gasteiger partial charge in [0.25, 0.3) is 0 Å². The van der Waals surface area contributed by atoms with Crippen molar-refractivity contribution in [1.29, 1.82) is 5.26 Å². The molecule has 14 heavy (non-hydrogen) atoms. The first kappa shape index (κ1) is 10.4. The van der Waals surface area contributed by atoms with Gasteiger partial charge in [0.2, 0.25) is 0 Å². The number of hydrogen-bond donors (Lipinski definition) is 0. The Morgan fingerprint density at radius 1 is 1.64 bits per heavy atom. The fourth-order valence-electron chi connectivity index (χ4n) is 1.22. The van der Waals surface area contributed by atoms with Crippen LogP contribution < -0.4 is 0 Å². The third-order valence-electron chi connectivity index (χ3n) is 1.98. The van der Waals surface area contributed by atoms with Crippen molar-refractivity contribution in [3.8, 4) is 6.07 Å². The van der Waals surface area contributed by atoms with Crippen LogP contribution in [-0.4, -0.2) is 5.78 Å². The van der Waals surface area contributed by atoms with Crippen LogP contribution in [0.25, 0.3) is 0 Å². The van der Waals surface area contributed by atoms with Crippen LogP contribution >= 0.6 is 0 Å². The van der Waals surface area contributed by atoms with Crippen molar-refractivity contribution in [3.05, 3.63) is 35.6 Å². The third-order valence-corrected chi connectivity index (χ3v) is 1.98. The van der Waals surface area contributed by atoms with Crippen LogP contribution in [0.15, 0.2) is 24.3 Å². The van der Waals surface area contributed by atoms with E-state index in [-0.39, 0.29) is 12.2 Å². The zero-order valence-corrected chi connectivity index (χ0v) is 7.83. The predicted molar refractivity (Wildman–Crippen MR) is 50.1 cm³/mol. The lowest BCUT2D eigenvalue weighted by molar-refractivity contribution is -0.119. The number of halogens is 1. The van der Waals surface area contributed by atoms with Gasteiger partial charge in [-0.25, -0.2) is 4.39 Å². The Balaban J connectivity index is 3.02. The van der Waals surface area contributed by atoms with E-state index >= 15 is 0 Å². The maximum absolute atomic E-state index is 12.8. The summed E-state index contributed by atoms with van der Waals surface area (Å²) in [4.78, 5) is 11.3. The number of rotatable bonds is 3. The molecule has 0 radical (unpaired) electrons. The summed E-state index contributed by atoms with van der Waals surface area (Å²) in [5, 5.41) is 8.78. The summed E-state index contributed by atoms with van der Waals surface area (Å²) in [6, 6.07) is 7.48. The Hall–Kier alpha value is -1.69. The van der Waals surface area contributed by atoms with Crippen molar-refractivity contribution >= 4 is 5.78 Å². The first-order chi connectivity index (χ1) is 6.69. The van der Waals surface area contributed by atoms with Crippen LogP contribution in [-0.2, 0) is 4.79 Å². The van der Waals surface area contributed by atoms with Gasteiger partial charge in [-0.3, -0.25) is 4.79 Å². The Bertz CT molecular complexity index is 381. The molecular weight excluding hydrogens is 181 g/mol. The highest BCUT2D eigenvalue weighted by Crippen LogP contribution is 2.18. The van der Waals surface area contributed by atoms with Crippen LogP contribution in [0.3, 0.4) is 0 Å². The highest BCUT2D eigenvalue weighted by molar-refractivity contribution is 5.88. The number of nitriles is 1. The van der Waals surface area contributed by atoms with Crippen molar-refractivity contribution in [2.45, 2.75) is 19.3 Å². The molecule has 0 spiro atoms. The summed E-state index contributed by atoms with van der Waals surface area (Å²) < 4.78 is 12.8. The van der Waals surface area contributed by atoms with Crippen molar-refractivity contribution in [2.75, 3.05) is 0 Å². The van der Waals surface area contributed by atoms with Gasteiger partial charge in [-0.2, -0.15) is 5.26 Å². The molecule has 0 unspecified atom stereocenters. The van der Waals surface area contributed by atoms with Gasteiger partial charge in [-0.05, 0) is 17.7 Å². The van der Waals surface area contributed by atoms with E-state index in [1.807, 2.05) is 6.07 Å². The van der Waals surface area contributed by atoms with Crippen molar-refractivity contribution < 1.29 is 9.18 Å². The molecule has 0 saturated heterocycles. The SMILES string of the molecule is CCC(=O)[C@H](C#N)c1cccc(F)c1. The molecule has 0 aliphatic heterocycles. The first-order valence-electron chi connectivity index (χ1n) is 4.36. The Morgan fingerprint density at radius 2 is 2.36 bits per heavy atom. The summed E-state index contributed by atoms with van der Waals surface area (Å²) >= 11 is 0. The monoisotopic (exact) mass is 191 g/mol. The van der Waals surface area contributed by atoms with E-state index in [9.17, 15) is 9.18 Å². The van der Waals surface area contributed by atoms with Gasteiger partial charge in [0.1, 0.15) is 11.7 Å². The van der Waals surface area contributed by atoms with Crippen molar-refractivity contribution in [2.24, 2.45) is 0 Å². The van der Waals surface area contributed by atoms with Gasteiger partial charge < -0.3 is 0 Å². The summed E-state index contributed by atoms with van der Waals surface area (Å²) in [6.45, 7) is 1.69. The van der Waals surface area contributed by atoms with Crippen LogP contribution in [0.4, 0.5) is 4.39 Å². The maximum Gasteiger partial charge on any atom is 0.154 e. The molecule has 0 heterocycles. The second-order valence-corrected chi connectivity index (χ2v) is 2.94. The summed E-state index contributed by atoms with van der Waals surface area (Å²) in [5.74, 6) is -1.44. The molecule has 1 aromatic carbocycles. The normalized spacial score (nSPS) is 11.8. The molecule has 1 atom stereocenters. The summed E-state index contributed by atoms with van der Waals surface area (Å²) in [7, 11) is 0. The minimum atomic E-state index is -0.837. The molecular formula is C11H10FNO. The van der Waals surface area contributed by atoms with E-state index in [0.717, 1.165) is 0 Å². The molecule has 0 N–H and O–H groups in total. The average Bonchev–Trinajstić information content (AvgIpc) is 2.19. The Morgan fingerprint density at radius 3 is 2.86 bits per heavy atom. The fourth-order valence-corrected chi connectivity index (χ4v) is 1.22. The first-order valence-corrected chi connectivity index (χ1v) is 4.36. The lowest BCUT2D eigenvalue weighted by atomic mass is 9.95. The molecule has 0 aromatic heterocycles. The highest BCUT2D eigenvalue weighted by atomic mass is 19.1. The molecule has 72 valence electrons. The van der Waals surface area contributed by atoms with Crippen LogP contribution in [0, 0.1) is 17.1 Å². The van der Waals surface area contributed by atoms with E-state index in [0.29, 0.717) is 5.56 Å². The van der Waals surface area contributed by atoms with E-state index in [1.54, 1.807) is 13.0 Å². The largest absolute Gasteiger partial charge is 0.298 e. The van der Waals surface area contributed by atoms with E-state index in [1.165, 1.54) is 18.2 Å². The van der Waals surface area contributed by atoms with Crippen LogP contribution in [0.2, 0.25) is 0 Å². The molecule has 3 heteroatoms. The molecule has 2 nitrogen and oxygen atoms in total. The van der Waals surface area contributed by atoms with Crippen LogP contribution in [0.1, 0.15) is 24.8 Å². The molecule has 0 aliphatic carbocycles. The predicted octanol–water partition coefficient (Wildman–Crippen LogP) is 2.41. The Kier molecular flexibility index (Phi) is 3.35. The van der Waals surface area contributed by atoms with Gasteiger partial charge in [-0.1, -0.05) is 19.1 Å². The van der Waals surface area contributed by atoms with E-state index in [4.69, 9.17) is 5.26 Å². The number of carbonyl (C=O) groups excluding carboxylic acids is 1. The topological polar surface area (TPSA) is 40.9 Å². The zero-order valence-electron chi connectivity index (χ0n) is 7.83. The molecule has 0 aliphatic rings. The third kappa shape index (κ3) is 2.17. The zero-order chi connectivity index (χ0) is 10.6. The van der Waals surface area contributed by atoms with E-state index < -0.39 is 11.7 Å². The van der Waals surface area contributed by atoms with Crippen LogP contribution in [0.5, 0.6) is 0 Å². The number of benzene rings is 1. The molecule has 1 rings (SSSR count). The highest BCUT2D eigenvalue weighted by Gasteiger charge is 2.18. The van der Waals surface area contributed by atoms with Gasteiger partial charge in [0, 0.05) is 6.42 Å². The minimum Gasteiger partial charge on any atom is -0.298 e. The van der Waals surface area contributed by atoms with Gasteiger partial charge in [0.05, 0.1) is 6.07 Å². The summed E-state index contributed by atoms with van der Waals surface area (Å²) in [6.07, 6.45) is 0.286. The smallest absolute Gasteiger partial charge is 0.154 e. The number of carbonyl (C=O) groups is 1. The number of ketones is 1. The van der Waals surface area contributed by atoms with Crippen molar-refractivity contribution in [1.82, 2.24) is 0 Å². The number of nitrogens with zero attached hydrogens (tertiary/aromatic N) is 1. The second kappa shape index (κ2) is 4.52. The molecule has 0 saturated carbocycles. The Labute approximate surface area is 82.0 Å². The number of Topliss-reactive ketones (excluding diaryl/α,β-unsaturated/α-hetero) is 1. The van der Waals surface area contributed by atoms with Gasteiger partial charge >= 0.3 is 0 Å². The lowest BCUT2D eigenvalue weighted by Crippen LogP contribution is -2.09. The molecule has 0 amide bonds. The minimum absolute atomic E-state index is 0.182.